The van der Waals surface area contributed by atoms with Crippen LogP contribution in [0.25, 0.3) is 10.2 Å². The molecule has 0 radical (unpaired) electrons. The number of nitrogens with zero attached hydrogens (tertiary/aromatic N) is 3. The van der Waals surface area contributed by atoms with E-state index < -0.39 is 0 Å². The van der Waals surface area contributed by atoms with E-state index in [1.54, 1.807) is 44.4 Å². The van der Waals surface area contributed by atoms with Gasteiger partial charge in [-0.3, -0.25) is 9.69 Å². The van der Waals surface area contributed by atoms with Crippen LogP contribution in [0.4, 0.5) is 5.13 Å². The Hall–Kier alpha value is -2.84. The van der Waals surface area contributed by atoms with Gasteiger partial charge >= 0.3 is 0 Å². The molecule has 3 aromatic rings. The lowest BCUT2D eigenvalue weighted by atomic mass is 10.1. The number of fused-ring (bicyclic) bond motifs is 1. The number of para-hydroxylation sites is 1. The Kier molecular flexibility index (Phi) is 7.70. The summed E-state index contributed by atoms with van der Waals surface area (Å²) in [5.41, 5.74) is 1.25. The highest BCUT2D eigenvalue weighted by atomic mass is 32.1. The van der Waals surface area contributed by atoms with Crippen LogP contribution in [-0.4, -0.2) is 63.3 Å². The lowest BCUT2D eigenvalue weighted by Gasteiger charge is -2.25. The van der Waals surface area contributed by atoms with Crippen LogP contribution >= 0.6 is 11.3 Å². The van der Waals surface area contributed by atoms with Crippen molar-refractivity contribution in [1.29, 1.82) is 0 Å². The maximum absolute atomic E-state index is 13.6. The van der Waals surface area contributed by atoms with E-state index in [4.69, 9.17) is 19.2 Å². The van der Waals surface area contributed by atoms with Crippen LogP contribution in [0, 0.1) is 0 Å². The molecule has 0 N–H and O–H groups in total. The zero-order valence-electron chi connectivity index (χ0n) is 18.7. The van der Waals surface area contributed by atoms with E-state index in [0.29, 0.717) is 34.5 Å². The largest absolute Gasteiger partial charge is 0.497 e. The highest BCUT2D eigenvalue weighted by molar-refractivity contribution is 7.22. The van der Waals surface area contributed by atoms with Crippen molar-refractivity contribution in [2.45, 2.75) is 13.8 Å². The van der Waals surface area contributed by atoms with Crippen LogP contribution in [0.1, 0.15) is 24.2 Å². The van der Waals surface area contributed by atoms with Gasteiger partial charge in [0.2, 0.25) is 0 Å². The van der Waals surface area contributed by atoms with Crippen molar-refractivity contribution < 1.29 is 19.0 Å². The molecule has 0 saturated heterocycles. The van der Waals surface area contributed by atoms with Gasteiger partial charge in [0.1, 0.15) is 22.8 Å². The molecule has 0 aliphatic rings. The molecule has 31 heavy (non-hydrogen) atoms. The number of thiazole rings is 1. The summed E-state index contributed by atoms with van der Waals surface area (Å²) < 4.78 is 17.1. The quantitative estimate of drug-likeness (QED) is 0.465. The first-order valence-electron chi connectivity index (χ1n) is 10.2. The number of amides is 1. The van der Waals surface area contributed by atoms with Crippen LogP contribution in [-0.2, 0) is 0 Å². The number of hydrogen-bond acceptors (Lipinski definition) is 7. The molecule has 1 heterocycles. The predicted octanol–water partition coefficient (Wildman–Crippen LogP) is 4.31. The first kappa shape index (κ1) is 22.8. The topological polar surface area (TPSA) is 64.1 Å². The van der Waals surface area contributed by atoms with Crippen LogP contribution in [0.5, 0.6) is 17.2 Å². The molecule has 0 aliphatic carbocycles. The summed E-state index contributed by atoms with van der Waals surface area (Å²) in [6, 6.07) is 11.0. The van der Waals surface area contributed by atoms with Crippen molar-refractivity contribution in [3.05, 3.63) is 42.0 Å². The molecule has 0 unspecified atom stereocenters. The van der Waals surface area contributed by atoms with Crippen LogP contribution < -0.4 is 19.1 Å². The number of ether oxygens (including phenoxy) is 3. The fourth-order valence-corrected chi connectivity index (χ4v) is 4.35. The first-order chi connectivity index (χ1) is 15.0. The predicted molar refractivity (Wildman–Crippen MR) is 125 cm³/mol. The summed E-state index contributed by atoms with van der Waals surface area (Å²) in [5, 5.41) is 0.637. The summed E-state index contributed by atoms with van der Waals surface area (Å²) in [4.78, 5) is 22.4. The van der Waals surface area contributed by atoms with Gasteiger partial charge in [0.15, 0.2) is 5.13 Å². The van der Waals surface area contributed by atoms with E-state index in [2.05, 4.69) is 18.7 Å². The second-order valence-electron chi connectivity index (χ2n) is 6.89. The number of rotatable bonds is 10. The molecule has 1 aromatic heterocycles. The lowest BCUT2D eigenvalue weighted by molar-refractivity contribution is 0.0983. The normalized spacial score (nSPS) is 11.0. The molecule has 2 aromatic carbocycles. The van der Waals surface area contributed by atoms with Gasteiger partial charge in [-0.25, -0.2) is 4.98 Å². The van der Waals surface area contributed by atoms with E-state index in [-0.39, 0.29) is 5.91 Å². The number of carbonyl (C=O) groups excluding carboxylic acids is 1. The number of likely N-dealkylation sites (N-methyl/N-ethyl adjacent to an activating group) is 1. The number of benzene rings is 2. The molecular weight excluding hydrogens is 414 g/mol. The van der Waals surface area contributed by atoms with Crippen molar-refractivity contribution in [2.24, 2.45) is 0 Å². The second kappa shape index (κ2) is 10.5. The molecule has 0 saturated carbocycles. The third-order valence-electron chi connectivity index (χ3n) is 5.20. The molecule has 3 rings (SSSR count). The zero-order chi connectivity index (χ0) is 22.4. The highest BCUT2D eigenvalue weighted by Gasteiger charge is 2.24. The molecule has 0 aliphatic heterocycles. The third-order valence-corrected chi connectivity index (χ3v) is 6.24. The molecule has 1 amide bonds. The highest BCUT2D eigenvalue weighted by Crippen LogP contribution is 2.35. The average Bonchev–Trinajstić information content (AvgIpc) is 3.25. The van der Waals surface area contributed by atoms with Crippen LogP contribution in [0.3, 0.4) is 0 Å². The Morgan fingerprint density at radius 3 is 2.23 bits per heavy atom. The van der Waals surface area contributed by atoms with E-state index >= 15 is 0 Å². The van der Waals surface area contributed by atoms with Gasteiger partial charge in [-0.1, -0.05) is 31.3 Å². The fraction of sp³-hybridized carbons (Fsp3) is 0.391. The van der Waals surface area contributed by atoms with Gasteiger partial charge in [0.05, 0.1) is 26.0 Å². The minimum atomic E-state index is -0.151. The summed E-state index contributed by atoms with van der Waals surface area (Å²) in [7, 11) is 4.77. The average molecular weight is 444 g/mol. The van der Waals surface area contributed by atoms with Crippen molar-refractivity contribution in [3.63, 3.8) is 0 Å². The smallest absolute Gasteiger partial charge is 0.260 e. The minimum absolute atomic E-state index is 0.151. The Morgan fingerprint density at radius 1 is 0.968 bits per heavy atom. The molecule has 8 heteroatoms. The van der Waals surface area contributed by atoms with Crippen molar-refractivity contribution in [1.82, 2.24) is 9.88 Å². The van der Waals surface area contributed by atoms with E-state index in [1.165, 1.54) is 11.3 Å². The van der Waals surface area contributed by atoms with Gasteiger partial charge in [-0.2, -0.15) is 0 Å². The van der Waals surface area contributed by atoms with Gasteiger partial charge in [0, 0.05) is 24.7 Å². The van der Waals surface area contributed by atoms with Gasteiger partial charge in [0.25, 0.3) is 5.91 Å². The standard InChI is InChI=1S/C23H29N3O4S/c1-6-25(7-2)11-12-26(22(27)16-13-17(28-3)15-18(14-16)29-4)23-24-21-19(30-5)9-8-10-20(21)31-23/h8-10,13-15H,6-7,11-12H2,1-5H3. The molecule has 7 nitrogen and oxygen atoms in total. The molecule has 0 spiro atoms. The summed E-state index contributed by atoms with van der Waals surface area (Å²) in [6.07, 6.45) is 0. The maximum Gasteiger partial charge on any atom is 0.260 e. The summed E-state index contributed by atoms with van der Waals surface area (Å²) in [5.74, 6) is 1.68. The number of hydrogen-bond donors (Lipinski definition) is 0. The fourth-order valence-electron chi connectivity index (χ4n) is 3.34. The lowest BCUT2D eigenvalue weighted by Crippen LogP contribution is -2.38. The second-order valence-corrected chi connectivity index (χ2v) is 7.90. The van der Waals surface area contributed by atoms with Crippen molar-refractivity contribution in [2.75, 3.05) is 52.4 Å². The molecular formula is C23H29N3O4S. The molecule has 0 bridgehead atoms. The van der Waals surface area contributed by atoms with Gasteiger partial charge < -0.3 is 19.1 Å². The van der Waals surface area contributed by atoms with E-state index in [9.17, 15) is 4.79 Å². The maximum atomic E-state index is 13.6. The van der Waals surface area contributed by atoms with Crippen molar-refractivity contribution >= 4 is 32.6 Å². The molecule has 0 fully saturated rings. The summed E-state index contributed by atoms with van der Waals surface area (Å²) >= 11 is 1.48. The van der Waals surface area contributed by atoms with E-state index in [0.717, 1.165) is 29.9 Å². The SMILES string of the molecule is CCN(CC)CCN(C(=O)c1cc(OC)cc(OC)c1)c1nc2c(OC)cccc2s1. The van der Waals surface area contributed by atoms with Gasteiger partial charge in [-0.05, 0) is 37.4 Å². The van der Waals surface area contributed by atoms with Crippen LogP contribution in [0.15, 0.2) is 36.4 Å². The van der Waals surface area contributed by atoms with E-state index in [1.807, 2.05) is 18.2 Å². The minimum Gasteiger partial charge on any atom is -0.497 e. The monoisotopic (exact) mass is 443 g/mol. The molecule has 166 valence electrons. The third kappa shape index (κ3) is 5.08. The Balaban J connectivity index is 2.03. The van der Waals surface area contributed by atoms with Gasteiger partial charge in [-0.15, -0.1) is 0 Å². The Bertz CT molecular complexity index is 1010. The molecule has 0 atom stereocenters. The zero-order valence-corrected chi connectivity index (χ0v) is 19.5. The number of carbonyl (C=O) groups is 1. The van der Waals surface area contributed by atoms with Crippen LogP contribution in [0.2, 0.25) is 0 Å². The first-order valence-corrected chi connectivity index (χ1v) is 11.1. The number of methoxy groups -OCH3 is 3. The Morgan fingerprint density at radius 2 is 1.65 bits per heavy atom. The summed E-state index contributed by atoms with van der Waals surface area (Å²) in [6.45, 7) is 7.32. The number of anilines is 1. The Labute approximate surface area is 187 Å². The van der Waals surface area contributed by atoms with Crippen molar-refractivity contribution in [3.8, 4) is 17.2 Å². The number of aromatic nitrogens is 1.